The Balaban J connectivity index is 1.75. The normalized spacial score (nSPS) is 14.3. The topological polar surface area (TPSA) is 82.4 Å². The molecule has 0 atom stereocenters. The molecular weight excluding hydrogens is 342 g/mol. The number of benzene rings is 2. The molecule has 1 saturated heterocycles. The lowest BCUT2D eigenvalue weighted by molar-refractivity contribution is 0.0893. The molecule has 6 nitrogen and oxygen atoms in total. The van der Waals surface area contributed by atoms with Crippen molar-refractivity contribution in [2.45, 2.75) is 18.9 Å². The average molecular weight is 363 g/mol. The summed E-state index contributed by atoms with van der Waals surface area (Å²) in [6, 6.07) is 16.7. The van der Waals surface area contributed by atoms with Crippen molar-refractivity contribution in [1.82, 2.24) is 10.2 Å². The van der Waals surface area contributed by atoms with Crippen LogP contribution in [-0.4, -0.2) is 43.1 Å². The van der Waals surface area contributed by atoms with Crippen LogP contribution >= 0.6 is 0 Å². The van der Waals surface area contributed by atoms with Gasteiger partial charge in [-0.1, -0.05) is 36.4 Å². The van der Waals surface area contributed by atoms with E-state index in [1.165, 1.54) is 7.11 Å². The SMILES string of the molecule is COC(=O)N1CCC(NC(=O)c2ccccc2-c2ccccc2C#N)CC1. The van der Waals surface area contributed by atoms with E-state index < -0.39 is 0 Å². The number of nitrogens with zero attached hydrogens (tertiary/aromatic N) is 2. The predicted octanol–water partition coefficient (Wildman–Crippen LogP) is 3.19. The zero-order valence-electron chi connectivity index (χ0n) is 15.1. The van der Waals surface area contributed by atoms with Gasteiger partial charge < -0.3 is 15.0 Å². The first-order valence-electron chi connectivity index (χ1n) is 8.86. The molecule has 2 amide bonds. The van der Waals surface area contributed by atoms with E-state index in [0.29, 0.717) is 37.1 Å². The lowest BCUT2D eigenvalue weighted by Gasteiger charge is -2.31. The Morgan fingerprint density at radius 2 is 1.70 bits per heavy atom. The molecule has 1 fully saturated rings. The van der Waals surface area contributed by atoms with Gasteiger partial charge in [-0.2, -0.15) is 5.26 Å². The molecule has 3 rings (SSSR count). The van der Waals surface area contributed by atoms with Crippen LogP contribution in [0, 0.1) is 11.3 Å². The van der Waals surface area contributed by atoms with E-state index in [4.69, 9.17) is 4.74 Å². The van der Waals surface area contributed by atoms with Gasteiger partial charge in [0.05, 0.1) is 18.7 Å². The Bertz CT molecular complexity index is 880. The fraction of sp³-hybridized carbons (Fsp3) is 0.286. The van der Waals surface area contributed by atoms with Gasteiger partial charge in [0.25, 0.3) is 5.91 Å². The van der Waals surface area contributed by atoms with Gasteiger partial charge in [-0.25, -0.2) is 4.79 Å². The smallest absolute Gasteiger partial charge is 0.409 e. The Hall–Kier alpha value is -3.33. The number of carbonyl (C=O) groups is 2. The van der Waals surface area contributed by atoms with E-state index in [0.717, 1.165) is 11.1 Å². The molecule has 0 spiro atoms. The summed E-state index contributed by atoms with van der Waals surface area (Å²) >= 11 is 0. The van der Waals surface area contributed by atoms with Gasteiger partial charge in [0.15, 0.2) is 0 Å². The Morgan fingerprint density at radius 1 is 1.07 bits per heavy atom. The van der Waals surface area contributed by atoms with Gasteiger partial charge >= 0.3 is 6.09 Å². The lowest BCUT2D eigenvalue weighted by atomic mass is 9.95. The van der Waals surface area contributed by atoms with Crippen LogP contribution in [0.5, 0.6) is 0 Å². The van der Waals surface area contributed by atoms with Crippen molar-refractivity contribution in [3.05, 3.63) is 59.7 Å². The number of amides is 2. The molecule has 1 N–H and O–H groups in total. The van der Waals surface area contributed by atoms with Gasteiger partial charge in [0.2, 0.25) is 0 Å². The summed E-state index contributed by atoms with van der Waals surface area (Å²) in [5.74, 6) is -0.171. The van der Waals surface area contributed by atoms with Crippen molar-refractivity contribution in [2.75, 3.05) is 20.2 Å². The van der Waals surface area contributed by atoms with Crippen LogP contribution < -0.4 is 5.32 Å². The number of piperidine rings is 1. The minimum atomic E-state index is -0.335. The van der Waals surface area contributed by atoms with Gasteiger partial charge in [0.1, 0.15) is 0 Å². The molecule has 0 unspecified atom stereocenters. The second-order valence-corrected chi connectivity index (χ2v) is 6.41. The standard InChI is InChI=1S/C21H21N3O3/c1-27-21(26)24-12-10-16(11-13-24)23-20(25)19-9-5-4-8-18(19)17-7-3-2-6-15(17)14-22/h2-9,16H,10-13H2,1H3,(H,23,25). The molecule has 0 saturated carbocycles. The molecule has 138 valence electrons. The highest BCUT2D eigenvalue weighted by atomic mass is 16.5. The van der Waals surface area contributed by atoms with Gasteiger partial charge in [0, 0.05) is 30.3 Å². The summed E-state index contributed by atoms with van der Waals surface area (Å²) in [5, 5.41) is 12.4. The van der Waals surface area contributed by atoms with Crippen LogP contribution in [0.25, 0.3) is 11.1 Å². The summed E-state index contributed by atoms with van der Waals surface area (Å²) < 4.78 is 4.74. The number of hydrogen-bond acceptors (Lipinski definition) is 4. The Labute approximate surface area is 158 Å². The number of nitrogens with one attached hydrogen (secondary N) is 1. The lowest BCUT2D eigenvalue weighted by Crippen LogP contribution is -2.46. The minimum Gasteiger partial charge on any atom is -0.453 e. The second-order valence-electron chi connectivity index (χ2n) is 6.41. The number of likely N-dealkylation sites (tertiary alicyclic amines) is 1. The van der Waals surface area contributed by atoms with Crippen molar-refractivity contribution in [2.24, 2.45) is 0 Å². The number of methoxy groups -OCH3 is 1. The summed E-state index contributed by atoms with van der Waals surface area (Å²) in [6.45, 7) is 1.10. The zero-order chi connectivity index (χ0) is 19.2. The van der Waals surface area contributed by atoms with Crippen LogP contribution in [0.3, 0.4) is 0 Å². The third-order valence-corrected chi connectivity index (χ3v) is 4.77. The largest absolute Gasteiger partial charge is 0.453 e. The van der Waals surface area contributed by atoms with E-state index in [1.807, 2.05) is 30.3 Å². The van der Waals surface area contributed by atoms with Gasteiger partial charge in [-0.15, -0.1) is 0 Å². The highest BCUT2D eigenvalue weighted by molar-refractivity contribution is 6.01. The predicted molar refractivity (Wildman–Crippen MR) is 101 cm³/mol. The molecule has 2 aromatic rings. The highest BCUT2D eigenvalue weighted by Gasteiger charge is 2.25. The first-order valence-corrected chi connectivity index (χ1v) is 8.86. The van der Waals surface area contributed by atoms with Crippen molar-refractivity contribution in [3.63, 3.8) is 0 Å². The number of hydrogen-bond donors (Lipinski definition) is 1. The molecule has 0 aliphatic carbocycles. The van der Waals surface area contributed by atoms with Crippen LogP contribution in [0.15, 0.2) is 48.5 Å². The van der Waals surface area contributed by atoms with Crippen molar-refractivity contribution < 1.29 is 14.3 Å². The maximum Gasteiger partial charge on any atom is 0.409 e. The third kappa shape index (κ3) is 4.09. The third-order valence-electron chi connectivity index (χ3n) is 4.77. The van der Waals surface area contributed by atoms with E-state index in [9.17, 15) is 14.9 Å². The molecular formula is C21H21N3O3. The zero-order valence-corrected chi connectivity index (χ0v) is 15.1. The first kappa shape index (κ1) is 18.5. The highest BCUT2D eigenvalue weighted by Crippen LogP contribution is 2.27. The molecule has 0 radical (unpaired) electrons. The molecule has 1 aliphatic rings. The number of ether oxygens (including phenoxy) is 1. The molecule has 27 heavy (non-hydrogen) atoms. The van der Waals surface area contributed by atoms with Crippen molar-refractivity contribution >= 4 is 12.0 Å². The van der Waals surface area contributed by atoms with Crippen molar-refractivity contribution in [3.8, 4) is 17.2 Å². The van der Waals surface area contributed by atoms with Crippen LogP contribution in [0.4, 0.5) is 4.79 Å². The van der Waals surface area contributed by atoms with E-state index in [1.54, 1.807) is 23.1 Å². The van der Waals surface area contributed by atoms with Crippen LogP contribution in [-0.2, 0) is 4.74 Å². The summed E-state index contributed by atoms with van der Waals surface area (Å²) in [4.78, 5) is 26.1. The molecule has 0 aromatic heterocycles. The van der Waals surface area contributed by atoms with Crippen LogP contribution in [0.1, 0.15) is 28.8 Å². The maximum atomic E-state index is 12.9. The monoisotopic (exact) mass is 363 g/mol. The fourth-order valence-electron chi connectivity index (χ4n) is 3.33. The second kappa shape index (κ2) is 8.37. The average Bonchev–Trinajstić information content (AvgIpc) is 2.73. The number of rotatable bonds is 3. The first-order chi connectivity index (χ1) is 13.1. The van der Waals surface area contributed by atoms with Gasteiger partial charge in [-0.3, -0.25) is 4.79 Å². The minimum absolute atomic E-state index is 0.00215. The molecule has 0 bridgehead atoms. The van der Waals surface area contributed by atoms with E-state index in [-0.39, 0.29) is 18.0 Å². The van der Waals surface area contributed by atoms with Crippen molar-refractivity contribution in [1.29, 1.82) is 5.26 Å². The molecule has 6 heteroatoms. The van der Waals surface area contributed by atoms with E-state index >= 15 is 0 Å². The molecule has 1 heterocycles. The Kier molecular flexibility index (Phi) is 5.72. The molecule has 1 aliphatic heterocycles. The number of nitriles is 1. The quantitative estimate of drug-likeness (QED) is 0.908. The van der Waals surface area contributed by atoms with E-state index in [2.05, 4.69) is 11.4 Å². The summed E-state index contributed by atoms with van der Waals surface area (Å²) in [6.07, 6.45) is 1.02. The van der Waals surface area contributed by atoms with Crippen LogP contribution in [0.2, 0.25) is 0 Å². The Morgan fingerprint density at radius 3 is 2.37 bits per heavy atom. The summed E-state index contributed by atoms with van der Waals surface area (Å²) in [7, 11) is 1.37. The molecule has 2 aromatic carbocycles. The van der Waals surface area contributed by atoms with Gasteiger partial charge in [-0.05, 0) is 30.5 Å². The summed E-state index contributed by atoms with van der Waals surface area (Å²) in [5.41, 5.74) is 2.55. The fourth-order valence-corrected chi connectivity index (χ4v) is 3.33. The number of carbonyl (C=O) groups excluding carboxylic acids is 2. The maximum absolute atomic E-state index is 12.9.